The minimum absolute atomic E-state index is 0.0261. The fourth-order valence-electron chi connectivity index (χ4n) is 3.19. The molecular formula is C23H34N4O2S. The van der Waals surface area contributed by atoms with Crippen LogP contribution in [-0.2, 0) is 9.59 Å². The van der Waals surface area contributed by atoms with Crippen LogP contribution in [0.25, 0.3) is 10.6 Å². The minimum Gasteiger partial charge on any atom is -0.344 e. The molecule has 0 bridgehead atoms. The first-order chi connectivity index (χ1) is 14.4. The number of rotatable bonds is 12. The summed E-state index contributed by atoms with van der Waals surface area (Å²) < 4.78 is 0. The third-order valence-corrected chi connectivity index (χ3v) is 6.13. The van der Waals surface area contributed by atoms with Crippen molar-refractivity contribution in [2.24, 2.45) is 5.92 Å². The Morgan fingerprint density at radius 2 is 1.87 bits per heavy atom. The molecule has 2 atom stereocenters. The van der Waals surface area contributed by atoms with E-state index in [2.05, 4.69) is 27.8 Å². The van der Waals surface area contributed by atoms with Crippen LogP contribution in [-0.4, -0.2) is 28.1 Å². The van der Waals surface area contributed by atoms with Gasteiger partial charge in [-0.15, -0.1) is 10.2 Å². The normalized spacial score (nSPS) is 12.9. The van der Waals surface area contributed by atoms with Crippen LogP contribution in [0.1, 0.15) is 71.3 Å². The summed E-state index contributed by atoms with van der Waals surface area (Å²) in [5.41, 5.74) is 2.12. The number of hydrogen-bond acceptors (Lipinski definition) is 5. The number of aromatic nitrogens is 2. The van der Waals surface area contributed by atoms with Crippen molar-refractivity contribution >= 4 is 28.3 Å². The lowest BCUT2D eigenvalue weighted by atomic mass is 9.98. The van der Waals surface area contributed by atoms with Crippen LogP contribution in [0.2, 0.25) is 0 Å². The van der Waals surface area contributed by atoms with Crippen LogP contribution >= 0.6 is 11.3 Å². The van der Waals surface area contributed by atoms with E-state index < -0.39 is 6.04 Å². The van der Waals surface area contributed by atoms with Crippen molar-refractivity contribution in [3.8, 4) is 10.6 Å². The number of nitrogens with one attached hydrogen (secondary N) is 2. The lowest BCUT2D eigenvalue weighted by Crippen LogP contribution is -2.47. The van der Waals surface area contributed by atoms with Crippen molar-refractivity contribution in [2.75, 3.05) is 5.32 Å². The zero-order chi connectivity index (χ0) is 21.9. The van der Waals surface area contributed by atoms with Gasteiger partial charge in [0.05, 0.1) is 0 Å². The Labute approximate surface area is 183 Å². The zero-order valence-electron chi connectivity index (χ0n) is 18.5. The maximum Gasteiger partial charge on any atom is 0.249 e. The molecule has 0 aliphatic heterocycles. The molecule has 1 aromatic heterocycles. The van der Waals surface area contributed by atoms with Gasteiger partial charge in [-0.05, 0) is 25.3 Å². The number of aryl methyl sites for hydroxylation is 1. The third kappa shape index (κ3) is 7.52. The summed E-state index contributed by atoms with van der Waals surface area (Å²) in [6.07, 6.45) is 6.69. The average Bonchev–Trinajstić information content (AvgIpc) is 3.19. The molecule has 2 rings (SSSR count). The molecule has 0 saturated carbocycles. The Morgan fingerprint density at radius 3 is 2.57 bits per heavy atom. The van der Waals surface area contributed by atoms with Crippen LogP contribution < -0.4 is 10.6 Å². The van der Waals surface area contributed by atoms with Gasteiger partial charge in [-0.2, -0.15) is 0 Å². The largest absolute Gasteiger partial charge is 0.344 e. The topological polar surface area (TPSA) is 84.0 Å². The van der Waals surface area contributed by atoms with Crippen LogP contribution in [0.4, 0.5) is 5.13 Å². The number of benzene rings is 1. The van der Waals surface area contributed by atoms with Gasteiger partial charge in [-0.25, -0.2) is 0 Å². The third-order valence-electron chi connectivity index (χ3n) is 5.24. The maximum atomic E-state index is 12.9. The number of carbonyl (C=O) groups is 2. The van der Waals surface area contributed by atoms with Crippen molar-refractivity contribution in [3.63, 3.8) is 0 Å². The Balaban J connectivity index is 1.96. The monoisotopic (exact) mass is 430 g/mol. The van der Waals surface area contributed by atoms with Crippen molar-refractivity contribution in [1.82, 2.24) is 15.5 Å². The number of hydrogen-bond donors (Lipinski definition) is 2. The van der Waals surface area contributed by atoms with Gasteiger partial charge < -0.3 is 5.32 Å². The molecule has 0 saturated heterocycles. The fraction of sp³-hybridized carbons (Fsp3) is 0.565. The molecule has 30 heavy (non-hydrogen) atoms. The molecule has 0 spiro atoms. The van der Waals surface area contributed by atoms with Crippen LogP contribution in [0.15, 0.2) is 24.3 Å². The summed E-state index contributed by atoms with van der Waals surface area (Å²) >= 11 is 1.33. The first-order valence-corrected chi connectivity index (χ1v) is 11.8. The second-order valence-electron chi connectivity index (χ2n) is 7.87. The quantitative estimate of drug-likeness (QED) is 0.445. The van der Waals surface area contributed by atoms with Gasteiger partial charge in [-0.1, -0.05) is 88.0 Å². The lowest BCUT2D eigenvalue weighted by Gasteiger charge is -2.23. The van der Waals surface area contributed by atoms with E-state index in [1.807, 2.05) is 45.0 Å². The van der Waals surface area contributed by atoms with E-state index in [0.29, 0.717) is 11.6 Å². The molecule has 2 unspecified atom stereocenters. The first-order valence-electron chi connectivity index (χ1n) is 10.9. The highest BCUT2D eigenvalue weighted by Gasteiger charge is 2.26. The SMILES string of the molecule is CCCCCCCC(=O)NC(C(=O)Nc1nnc(-c2cccc(C)c2)s1)C(C)CC. The molecule has 2 aromatic rings. The summed E-state index contributed by atoms with van der Waals surface area (Å²) in [6.45, 7) is 8.19. The van der Waals surface area contributed by atoms with Crippen molar-refractivity contribution in [2.45, 2.75) is 78.7 Å². The van der Waals surface area contributed by atoms with Gasteiger partial charge in [-0.3, -0.25) is 14.9 Å². The molecule has 0 fully saturated rings. The molecule has 1 heterocycles. The van der Waals surface area contributed by atoms with E-state index in [4.69, 9.17) is 0 Å². The van der Waals surface area contributed by atoms with E-state index in [0.717, 1.165) is 41.8 Å². The fourth-order valence-corrected chi connectivity index (χ4v) is 3.93. The number of anilines is 1. The van der Waals surface area contributed by atoms with Crippen molar-refractivity contribution in [1.29, 1.82) is 0 Å². The molecule has 0 aliphatic carbocycles. The highest BCUT2D eigenvalue weighted by Crippen LogP contribution is 2.27. The smallest absolute Gasteiger partial charge is 0.249 e. The lowest BCUT2D eigenvalue weighted by molar-refractivity contribution is -0.127. The Morgan fingerprint density at radius 1 is 1.10 bits per heavy atom. The van der Waals surface area contributed by atoms with Gasteiger partial charge in [0.15, 0.2) is 0 Å². The zero-order valence-corrected chi connectivity index (χ0v) is 19.3. The van der Waals surface area contributed by atoms with Gasteiger partial charge in [0.1, 0.15) is 11.0 Å². The van der Waals surface area contributed by atoms with Gasteiger partial charge in [0.2, 0.25) is 16.9 Å². The van der Waals surface area contributed by atoms with Crippen molar-refractivity contribution in [3.05, 3.63) is 29.8 Å². The molecule has 6 nitrogen and oxygen atoms in total. The first kappa shape index (κ1) is 24.0. The molecule has 2 N–H and O–H groups in total. The van der Waals surface area contributed by atoms with Gasteiger partial charge in [0.25, 0.3) is 0 Å². The number of carbonyl (C=O) groups excluding carboxylic acids is 2. The van der Waals surface area contributed by atoms with Gasteiger partial charge >= 0.3 is 0 Å². The van der Waals surface area contributed by atoms with E-state index in [1.54, 1.807) is 0 Å². The van der Waals surface area contributed by atoms with E-state index >= 15 is 0 Å². The maximum absolute atomic E-state index is 12.9. The predicted molar refractivity (Wildman–Crippen MR) is 123 cm³/mol. The van der Waals surface area contributed by atoms with Crippen LogP contribution in [0.5, 0.6) is 0 Å². The summed E-state index contributed by atoms with van der Waals surface area (Å²) in [5.74, 6) is -0.279. The second kappa shape index (κ2) is 12.4. The molecule has 7 heteroatoms. The highest BCUT2D eigenvalue weighted by molar-refractivity contribution is 7.18. The second-order valence-corrected chi connectivity index (χ2v) is 8.84. The van der Waals surface area contributed by atoms with E-state index in [-0.39, 0.29) is 17.7 Å². The Hall–Kier alpha value is -2.28. The summed E-state index contributed by atoms with van der Waals surface area (Å²) in [5, 5.41) is 15.3. The van der Waals surface area contributed by atoms with Gasteiger partial charge in [0, 0.05) is 12.0 Å². The minimum atomic E-state index is -0.579. The van der Waals surface area contributed by atoms with Crippen LogP contribution in [0.3, 0.4) is 0 Å². The highest BCUT2D eigenvalue weighted by atomic mass is 32.1. The molecule has 0 aliphatic rings. The Bertz CT molecular complexity index is 821. The summed E-state index contributed by atoms with van der Waals surface area (Å²) in [4.78, 5) is 25.2. The average molecular weight is 431 g/mol. The van der Waals surface area contributed by atoms with Crippen LogP contribution in [0, 0.1) is 12.8 Å². The standard InChI is InChI=1S/C23H34N4O2S/c1-5-7-8-9-10-14-19(28)24-20(17(4)6-2)21(29)25-23-27-26-22(30-23)18-13-11-12-16(3)15-18/h11-13,15,17,20H,5-10,14H2,1-4H3,(H,24,28)(H,25,27,29). The molecule has 1 aromatic carbocycles. The number of unbranched alkanes of at least 4 members (excludes halogenated alkanes) is 4. The molecular weight excluding hydrogens is 396 g/mol. The van der Waals surface area contributed by atoms with E-state index in [1.165, 1.54) is 24.2 Å². The summed E-state index contributed by atoms with van der Waals surface area (Å²) in [6, 6.07) is 7.43. The molecule has 164 valence electrons. The number of nitrogens with zero attached hydrogens (tertiary/aromatic N) is 2. The summed E-state index contributed by atoms with van der Waals surface area (Å²) in [7, 11) is 0. The Kier molecular flexibility index (Phi) is 9.94. The number of amides is 2. The molecule has 2 amide bonds. The van der Waals surface area contributed by atoms with E-state index in [9.17, 15) is 9.59 Å². The van der Waals surface area contributed by atoms with Crippen molar-refractivity contribution < 1.29 is 9.59 Å². The predicted octanol–water partition coefficient (Wildman–Crippen LogP) is 5.34. The molecule has 0 radical (unpaired) electrons.